The zero-order valence-electron chi connectivity index (χ0n) is 14.7. The smallest absolute Gasteiger partial charge is 0.123 e. The number of hydrogen-bond acceptors (Lipinski definition) is 3. The minimum Gasteiger partial charge on any atom is -0.368 e. The van der Waals surface area contributed by atoms with E-state index in [1.165, 1.54) is 24.3 Å². The number of ether oxygens (including phenoxy) is 1. The summed E-state index contributed by atoms with van der Waals surface area (Å²) in [6.45, 7) is 2.86. The van der Waals surface area contributed by atoms with Crippen LogP contribution in [-0.2, 0) is 17.9 Å². The molecule has 0 spiro atoms. The van der Waals surface area contributed by atoms with Crippen molar-refractivity contribution in [1.29, 1.82) is 0 Å². The van der Waals surface area contributed by atoms with Crippen LogP contribution < -0.4 is 0 Å². The molecule has 2 aliphatic rings. The van der Waals surface area contributed by atoms with Crippen molar-refractivity contribution in [3.05, 3.63) is 77.6 Å². The van der Waals surface area contributed by atoms with Crippen LogP contribution in [-0.4, -0.2) is 33.9 Å². The van der Waals surface area contributed by atoms with E-state index in [-0.39, 0.29) is 23.8 Å². The molecule has 0 amide bonds. The third-order valence-electron chi connectivity index (χ3n) is 5.41. The van der Waals surface area contributed by atoms with Gasteiger partial charge in [-0.25, -0.2) is 8.78 Å². The molecule has 5 rings (SSSR count). The first kappa shape index (κ1) is 16.6. The second kappa shape index (κ2) is 6.55. The maximum absolute atomic E-state index is 13.6. The average Bonchev–Trinajstić information content (AvgIpc) is 3.27. The van der Waals surface area contributed by atoms with Gasteiger partial charge in [0.05, 0.1) is 30.6 Å². The molecule has 0 saturated carbocycles. The Hall–Kier alpha value is -2.57. The first-order valence-electron chi connectivity index (χ1n) is 9.08. The standard InChI is InChI=1S/C21H19F2N3O/c22-16-6-4-14(5-7-16)10-25-11-19-21(12-25)27-13-20-18(9-24-26(19)20)15-2-1-3-17(23)8-15/h1-9,19,21H,10-13H2/t19-,21-/m1/s1. The van der Waals surface area contributed by atoms with E-state index >= 15 is 0 Å². The van der Waals surface area contributed by atoms with E-state index in [1.807, 2.05) is 22.9 Å². The molecule has 27 heavy (non-hydrogen) atoms. The van der Waals surface area contributed by atoms with Crippen molar-refractivity contribution in [1.82, 2.24) is 14.7 Å². The lowest BCUT2D eigenvalue weighted by atomic mass is 10.0. The molecule has 0 radical (unpaired) electrons. The Balaban J connectivity index is 1.38. The van der Waals surface area contributed by atoms with Crippen LogP contribution in [0.3, 0.4) is 0 Å². The second-order valence-corrected chi connectivity index (χ2v) is 7.20. The van der Waals surface area contributed by atoms with E-state index in [1.54, 1.807) is 12.3 Å². The van der Waals surface area contributed by atoms with E-state index in [4.69, 9.17) is 4.74 Å². The Morgan fingerprint density at radius 2 is 1.89 bits per heavy atom. The molecule has 2 aliphatic heterocycles. The molecule has 1 saturated heterocycles. The van der Waals surface area contributed by atoms with Crippen LogP contribution in [0, 0.1) is 11.6 Å². The fraction of sp³-hybridized carbons (Fsp3) is 0.286. The lowest BCUT2D eigenvalue weighted by Gasteiger charge is -2.27. The summed E-state index contributed by atoms with van der Waals surface area (Å²) in [6.07, 6.45) is 1.89. The van der Waals surface area contributed by atoms with Crippen LogP contribution >= 0.6 is 0 Å². The summed E-state index contributed by atoms with van der Waals surface area (Å²) in [5.74, 6) is -0.475. The van der Waals surface area contributed by atoms with Crippen LogP contribution in [0.2, 0.25) is 0 Å². The van der Waals surface area contributed by atoms with Crippen molar-refractivity contribution >= 4 is 0 Å². The number of halogens is 2. The number of hydrogen-bond donors (Lipinski definition) is 0. The molecule has 1 fully saturated rings. The van der Waals surface area contributed by atoms with Gasteiger partial charge >= 0.3 is 0 Å². The zero-order valence-corrected chi connectivity index (χ0v) is 14.7. The van der Waals surface area contributed by atoms with Crippen molar-refractivity contribution in [3.8, 4) is 11.1 Å². The molecule has 0 aliphatic carbocycles. The molecule has 1 aromatic heterocycles. The number of likely N-dealkylation sites (tertiary alicyclic amines) is 1. The molecule has 0 N–H and O–H groups in total. The van der Waals surface area contributed by atoms with Gasteiger partial charge in [-0.3, -0.25) is 9.58 Å². The molecule has 3 aromatic rings. The molecule has 4 nitrogen and oxygen atoms in total. The van der Waals surface area contributed by atoms with Crippen LogP contribution in [0.15, 0.2) is 54.7 Å². The van der Waals surface area contributed by atoms with Crippen LogP contribution in [0.4, 0.5) is 8.78 Å². The van der Waals surface area contributed by atoms with Gasteiger partial charge in [0, 0.05) is 25.2 Å². The number of fused-ring (bicyclic) bond motifs is 3. The van der Waals surface area contributed by atoms with Crippen molar-refractivity contribution in [3.63, 3.8) is 0 Å². The first-order chi connectivity index (χ1) is 13.2. The van der Waals surface area contributed by atoms with E-state index in [2.05, 4.69) is 10.00 Å². The maximum Gasteiger partial charge on any atom is 0.123 e. The highest BCUT2D eigenvalue weighted by atomic mass is 19.1. The SMILES string of the molecule is Fc1ccc(CN2C[C@@H]3[C@@H](C2)OCc2c(-c4cccc(F)c4)cnn23)cc1. The summed E-state index contributed by atoms with van der Waals surface area (Å²) >= 11 is 0. The molecular formula is C21H19F2N3O. The lowest BCUT2D eigenvalue weighted by molar-refractivity contribution is -0.00464. The predicted octanol–water partition coefficient (Wildman–Crippen LogP) is 3.78. The van der Waals surface area contributed by atoms with Gasteiger partial charge in [-0.1, -0.05) is 24.3 Å². The van der Waals surface area contributed by atoms with E-state index in [9.17, 15) is 8.78 Å². The highest BCUT2D eigenvalue weighted by molar-refractivity contribution is 5.65. The minimum absolute atomic E-state index is 0.0817. The molecule has 138 valence electrons. The Morgan fingerprint density at radius 3 is 2.70 bits per heavy atom. The predicted molar refractivity (Wildman–Crippen MR) is 96.9 cm³/mol. The van der Waals surface area contributed by atoms with Crippen molar-refractivity contribution in [2.75, 3.05) is 13.1 Å². The summed E-state index contributed by atoms with van der Waals surface area (Å²) in [6, 6.07) is 13.3. The summed E-state index contributed by atoms with van der Waals surface area (Å²) in [5, 5.41) is 4.60. The fourth-order valence-electron chi connectivity index (χ4n) is 4.11. The monoisotopic (exact) mass is 367 g/mol. The average molecular weight is 367 g/mol. The fourth-order valence-corrected chi connectivity index (χ4v) is 4.11. The molecular weight excluding hydrogens is 348 g/mol. The normalized spacial score (nSPS) is 21.9. The quantitative estimate of drug-likeness (QED) is 0.706. The van der Waals surface area contributed by atoms with E-state index in [0.29, 0.717) is 6.61 Å². The van der Waals surface area contributed by atoms with Gasteiger partial charge in [0.15, 0.2) is 0 Å². The van der Waals surface area contributed by atoms with Crippen molar-refractivity contribution in [2.24, 2.45) is 0 Å². The largest absolute Gasteiger partial charge is 0.368 e. The molecule has 6 heteroatoms. The van der Waals surface area contributed by atoms with Gasteiger partial charge in [-0.2, -0.15) is 5.10 Å². The van der Waals surface area contributed by atoms with Gasteiger partial charge in [0.2, 0.25) is 0 Å². The topological polar surface area (TPSA) is 30.3 Å². The molecule has 0 bridgehead atoms. The highest BCUT2D eigenvalue weighted by Gasteiger charge is 2.40. The van der Waals surface area contributed by atoms with Gasteiger partial charge in [-0.15, -0.1) is 0 Å². The highest BCUT2D eigenvalue weighted by Crippen LogP contribution is 2.36. The molecule has 2 aromatic carbocycles. The number of benzene rings is 2. The minimum atomic E-state index is -0.256. The summed E-state index contributed by atoms with van der Waals surface area (Å²) in [7, 11) is 0. The Kier molecular flexibility index (Phi) is 4.02. The zero-order chi connectivity index (χ0) is 18.4. The van der Waals surface area contributed by atoms with Crippen molar-refractivity contribution in [2.45, 2.75) is 25.3 Å². The molecule has 0 unspecified atom stereocenters. The number of rotatable bonds is 3. The summed E-state index contributed by atoms with van der Waals surface area (Å²) < 4.78 is 34.9. The van der Waals surface area contributed by atoms with Gasteiger partial charge in [-0.05, 0) is 35.4 Å². The van der Waals surface area contributed by atoms with Gasteiger partial charge < -0.3 is 4.74 Å². The van der Waals surface area contributed by atoms with E-state index in [0.717, 1.165) is 42.0 Å². The Morgan fingerprint density at radius 1 is 1.04 bits per heavy atom. The van der Waals surface area contributed by atoms with Crippen LogP contribution in [0.5, 0.6) is 0 Å². The van der Waals surface area contributed by atoms with Crippen LogP contribution in [0.1, 0.15) is 17.3 Å². The van der Waals surface area contributed by atoms with Gasteiger partial charge in [0.1, 0.15) is 11.6 Å². The van der Waals surface area contributed by atoms with Crippen molar-refractivity contribution < 1.29 is 13.5 Å². The molecule has 2 atom stereocenters. The third kappa shape index (κ3) is 3.05. The molecule has 3 heterocycles. The maximum atomic E-state index is 13.6. The first-order valence-corrected chi connectivity index (χ1v) is 9.08. The third-order valence-corrected chi connectivity index (χ3v) is 5.41. The number of nitrogens with zero attached hydrogens (tertiary/aromatic N) is 3. The number of aromatic nitrogens is 2. The summed E-state index contributed by atoms with van der Waals surface area (Å²) in [5.41, 5.74) is 3.81. The Bertz CT molecular complexity index is 970. The van der Waals surface area contributed by atoms with Crippen LogP contribution in [0.25, 0.3) is 11.1 Å². The summed E-state index contributed by atoms with van der Waals surface area (Å²) in [4.78, 5) is 2.31. The second-order valence-electron chi connectivity index (χ2n) is 7.20. The lowest BCUT2D eigenvalue weighted by Crippen LogP contribution is -2.32. The van der Waals surface area contributed by atoms with Gasteiger partial charge in [0.25, 0.3) is 0 Å². The van der Waals surface area contributed by atoms with E-state index < -0.39 is 0 Å². The Labute approximate surface area is 156 Å².